The van der Waals surface area contributed by atoms with E-state index in [1.54, 1.807) is 36.1 Å². The summed E-state index contributed by atoms with van der Waals surface area (Å²) in [4.78, 5) is 25.3. The SMILES string of the molecule is CC(=O)N1CCCC1CC(=O)c1ccc(Cl)cc1. The number of carbonyl (C=O) groups excluding carboxylic acids is 2. The summed E-state index contributed by atoms with van der Waals surface area (Å²) in [6, 6.07) is 6.96. The van der Waals surface area contributed by atoms with E-state index in [0.29, 0.717) is 17.0 Å². The molecule has 0 aromatic heterocycles. The molecular weight excluding hydrogens is 250 g/mol. The van der Waals surface area contributed by atoms with E-state index in [0.717, 1.165) is 19.4 Å². The zero-order chi connectivity index (χ0) is 13.1. The van der Waals surface area contributed by atoms with E-state index >= 15 is 0 Å². The minimum absolute atomic E-state index is 0.0569. The van der Waals surface area contributed by atoms with Gasteiger partial charge in [0.25, 0.3) is 0 Å². The van der Waals surface area contributed by atoms with Gasteiger partial charge < -0.3 is 4.90 Å². The summed E-state index contributed by atoms with van der Waals surface area (Å²) in [7, 11) is 0. The van der Waals surface area contributed by atoms with Crippen LogP contribution in [0.3, 0.4) is 0 Å². The van der Waals surface area contributed by atoms with Crippen LogP contribution < -0.4 is 0 Å². The number of likely N-dealkylation sites (tertiary alicyclic amines) is 1. The third-order valence-corrected chi connectivity index (χ3v) is 3.62. The van der Waals surface area contributed by atoms with Crippen LogP contribution in [-0.4, -0.2) is 29.2 Å². The second-order valence-electron chi connectivity index (χ2n) is 4.64. The molecule has 0 saturated carbocycles. The van der Waals surface area contributed by atoms with Crippen LogP contribution in [0.5, 0.6) is 0 Å². The van der Waals surface area contributed by atoms with Gasteiger partial charge in [0.15, 0.2) is 5.78 Å². The van der Waals surface area contributed by atoms with Gasteiger partial charge in [-0.15, -0.1) is 0 Å². The predicted molar refractivity (Wildman–Crippen MR) is 70.8 cm³/mol. The Hall–Kier alpha value is -1.35. The van der Waals surface area contributed by atoms with Gasteiger partial charge in [0.1, 0.15) is 0 Å². The van der Waals surface area contributed by atoms with E-state index < -0.39 is 0 Å². The van der Waals surface area contributed by atoms with E-state index in [4.69, 9.17) is 11.6 Å². The zero-order valence-electron chi connectivity index (χ0n) is 10.4. The molecular formula is C14H16ClNO2. The molecule has 0 radical (unpaired) electrons. The Labute approximate surface area is 112 Å². The van der Waals surface area contributed by atoms with E-state index in [2.05, 4.69) is 0 Å². The normalized spacial score (nSPS) is 19.0. The first kappa shape index (κ1) is 13.1. The van der Waals surface area contributed by atoms with Crippen LogP contribution >= 0.6 is 11.6 Å². The molecule has 2 rings (SSSR count). The molecule has 18 heavy (non-hydrogen) atoms. The lowest BCUT2D eigenvalue weighted by Gasteiger charge is -2.22. The first-order chi connectivity index (χ1) is 8.58. The van der Waals surface area contributed by atoms with Gasteiger partial charge in [0, 0.05) is 36.5 Å². The molecule has 0 aliphatic carbocycles. The number of carbonyl (C=O) groups is 2. The van der Waals surface area contributed by atoms with Gasteiger partial charge >= 0.3 is 0 Å². The Bertz CT molecular complexity index is 455. The smallest absolute Gasteiger partial charge is 0.219 e. The van der Waals surface area contributed by atoms with Gasteiger partial charge in [-0.25, -0.2) is 0 Å². The zero-order valence-corrected chi connectivity index (χ0v) is 11.1. The fourth-order valence-electron chi connectivity index (χ4n) is 2.43. The number of hydrogen-bond acceptors (Lipinski definition) is 2. The Balaban J connectivity index is 2.03. The Morgan fingerprint density at radius 1 is 1.33 bits per heavy atom. The molecule has 0 N–H and O–H groups in total. The molecule has 1 aromatic carbocycles. The second kappa shape index (κ2) is 5.53. The number of amides is 1. The van der Waals surface area contributed by atoms with Crippen molar-refractivity contribution in [2.24, 2.45) is 0 Å². The van der Waals surface area contributed by atoms with Crippen LogP contribution in [0, 0.1) is 0 Å². The van der Waals surface area contributed by atoms with Crippen molar-refractivity contribution >= 4 is 23.3 Å². The number of benzene rings is 1. The van der Waals surface area contributed by atoms with E-state index in [1.165, 1.54) is 0 Å². The molecule has 1 aliphatic rings. The summed E-state index contributed by atoms with van der Waals surface area (Å²) in [5.41, 5.74) is 0.662. The molecule has 1 aromatic rings. The fourth-order valence-corrected chi connectivity index (χ4v) is 2.56. The predicted octanol–water partition coefficient (Wildman–Crippen LogP) is 2.92. The molecule has 1 aliphatic heterocycles. The van der Waals surface area contributed by atoms with Gasteiger partial charge in [0.2, 0.25) is 5.91 Å². The average molecular weight is 266 g/mol. The topological polar surface area (TPSA) is 37.4 Å². The fraction of sp³-hybridized carbons (Fsp3) is 0.429. The number of ketones is 1. The molecule has 1 atom stereocenters. The maximum Gasteiger partial charge on any atom is 0.219 e. The molecule has 4 heteroatoms. The van der Waals surface area contributed by atoms with Crippen molar-refractivity contribution in [2.75, 3.05) is 6.54 Å². The number of Topliss-reactive ketones (excluding diaryl/α,β-unsaturated/α-hetero) is 1. The van der Waals surface area contributed by atoms with Crippen LogP contribution in [0.1, 0.15) is 36.5 Å². The van der Waals surface area contributed by atoms with Crippen molar-refractivity contribution in [3.8, 4) is 0 Å². The van der Waals surface area contributed by atoms with Gasteiger partial charge in [0.05, 0.1) is 0 Å². The number of halogens is 1. The minimum atomic E-state index is 0.0569. The minimum Gasteiger partial charge on any atom is -0.340 e. The number of nitrogens with zero attached hydrogens (tertiary/aromatic N) is 1. The van der Waals surface area contributed by atoms with Gasteiger partial charge in [-0.05, 0) is 37.1 Å². The highest BCUT2D eigenvalue weighted by molar-refractivity contribution is 6.30. The lowest BCUT2D eigenvalue weighted by molar-refractivity contribution is -0.129. The summed E-state index contributed by atoms with van der Waals surface area (Å²) >= 11 is 5.79. The van der Waals surface area contributed by atoms with Gasteiger partial charge in [-0.1, -0.05) is 11.6 Å². The lowest BCUT2D eigenvalue weighted by atomic mass is 10.0. The van der Waals surface area contributed by atoms with Crippen molar-refractivity contribution in [3.63, 3.8) is 0 Å². The monoisotopic (exact) mass is 265 g/mol. The maximum absolute atomic E-state index is 12.1. The molecule has 1 fully saturated rings. The molecule has 1 saturated heterocycles. The highest BCUT2D eigenvalue weighted by atomic mass is 35.5. The first-order valence-electron chi connectivity index (χ1n) is 6.14. The Morgan fingerprint density at radius 3 is 2.61 bits per heavy atom. The molecule has 1 heterocycles. The molecule has 96 valence electrons. The van der Waals surface area contributed by atoms with Crippen LogP contribution in [-0.2, 0) is 4.79 Å². The highest BCUT2D eigenvalue weighted by Gasteiger charge is 2.28. The van der Waals surface area contributed by atoms with E-state index in [1.807, 2.05) is 0 Å². The molecule has 1 amide bonds. The van der Waals surface area contributed by atoms with Crippen molar-refractivity contribution in [3.05, 3.63) is 34.9 Å². The standard InChI is InChI=1S/C14H16ClNO2/c1-10(17)16-8-2-3-13(16)9-14(18)11-4-6-12(15)7-5-11/h4-7,13H,2-3,8-9H2,1H3. The summed E-state index contributed by atoms with van der Waals surface area (Å²) in [6.45, 7) is 2.33. The summed E-state index contributed by atoms with van der Waals surface area (Å²) in [5, 5.41) is 0.623. The average Bonchev–Trinajstić information content (AvgIpc) is 2.78. The maximum atomic E-state index is 12.1. The van der Waals surface area contributed by atoms with Crippen LogP contribution in [0.15, 0.2) is 24.3 Å². The Morgan fingerprint density at radius 2 is 2.00 bits per heavy atom. The van der Waals surface area contributed by atoms with Gasteiger partial charge in [-0.3, -0.25) is 9.59 Å². The summed E-state index contributed by atoms with van der Waals surface area (Å²) in [5.74, 6) is 0.131. The molecule has 0 spiro atoms. The molecule has 3 nitrogen and oxygen atoms in total. The van der Waals surface area contributed by atoms with Crippen molar-refractivity contribution < 1.29 is 9.59 Å². The second-order valence-corrected chi connectivity index (χ2v) is 5.08. The highest BCUT2D eigenvalue weighted by Crippen LogP contribution is 2.22. The van der Waals surface area contributed by atoms with Crippen molar-refractivity contribution in [1.29, 1.82) is 0 Å². The first-order valence-corrected chi connectivity index (χ1v) is 6.51. The van der Waals surface area contributed by atoms with Crippen LogP contribution in [0.4, 0.5) is 0 Å². The molecule has 0 bridgehead atoms. The lowest BCUT2D eigenvalue weighted by Crippen LogP contribution is -2.35. The van der Waals surface area contributed by atoms with Crippen molar-refractivity contribution in [1.82, 2.24) is 4.90 Å². The Kier molecular flexibility index (Phi) is 4.02. The van der Waals surface area contributed by atoms with Crippen LogP contribution in [0.2, 0.25) is 5.02 Å². The van der Waals surface area contributed by atoms with Crippen molar-refractivity contribution in [2.45, 2.75) is 32.2 Å². The summed E-state index contributed by atoms with van der Waals surface area (Å²) in [6.07, 6.45) is 2.30. The van der Waals surface area contributed by atoms with E-state index in [9.17, 15) is 9.59 Å². The molecule has 1 unspecified atom stereocenters. The third kappa shape index (κ3) is 2.91. The van der Waals surface area contributed by atoms with Gasteiger partial charge in [-0.2, -0.15) is 0 Å². The third-order valence-electron chi connectivity index (χ3n) is 3.37. The summed E-state index contributed by atoms with van der Waals surface area (Å²) < 4.78 is 0. The quantitative estimate of drug-likeness (QED) is 0.788. The van der Waals surface area contributed by atoms with Crippen LogP contribution in [0.25, 0.3) is 0 Å². The number of hydrogen-bond donors (Lipinski definition) is 0. The largest absolute Gasteiger partial charge is 0.340 e. The van der Waals surface area contributed by atoms with E-state index in [-0.39, 0.29) is 17.7 Å². The number of rotatable bonds is 3.